The molecule has 2 rings (SSSR count). The van der Waals surface area contributed by atoms with E-state index in [9.17, 15) is 14.9 Å². The molecule has 0 aliphatic carbocycles. The maximum absolute atomic E-state index is 12.1. The number of Topliss-reactive ketones (excluding diaryl/α,β-unsaturated/α-hetero) is 1. The molecule has 20 heavy (non-hydrogen) atoms. The van der Waals surface area contributed by atoms with Crippen LogP contribution in [0.15, 0.2) is 30.5 Å². The fraction of sp³-hybridized carbons (Fsp3) is 0.231. The summed E-state index contributed by atoms with van der Waals surface area (Å²) in [4.78, 5) is 22.2. The minimum absolute atomic E-state index is 0.0537. The number of methoxy groups -OCH3 is 1. The summed E-state index contributed by atoms with van der Waals surface area (Å²) < 4.78 is 6.32. The van der Waals surface area contributed by atoms with E-state index in [4.69, 9.17) is 4.74 Å². The van der Waals surface area contributed by atoms with E-state index in [1.807, 2.05) is 0 Å². The Morgan fingerprint density at radius 2 is 2.25 bits per heavy atom. The van der Waals surface area contributed by atoms with Crippen molar-refractivity contribution >= 4 is 11.6 Å². The molecular formula is C13H13N3O4. The van der Waals surface area contributed by atoms with Crippen LogP contribution in [-0.4, -0.2) is 27.6 Å². The number of ketones is 1. The van der Waals surface area contributed by atoms with Gasteiger partial charge < -0.3 is 14.9 Å². The lowest BCUT2D eigenvalue weighted by Gasteiger charge is -2.02. The summed E-state index contributed by atoms with van der Waals surface area (Å²) in [5, 5.41) is 14.5. The summed E-state index contributed by atoms with van der Waals surface area (Å²) in [6.07, 6.45) is 1.48. The first-order chi connectivity index (χ1) is 9.51. The van der Waals surface area contributed by atoms with Crippen molar-refractivity contribution in [3.05, 3.63) is 51.7 Å². The monoisotopic (exact) mass is 275 g/mol. The molecule has 7 heteroatoms. The zero-order chi connectivity index (χ0) is 14.7. The number of hydrogen-bond donors (Lipinski definition) is 0. The predicted octanol–water partition coefficient (Wildman–Crippen LogP) is 1.99. The number of carbonyl (C=O) groups excluding carboxylic acids is 1. The van der Waals surface area contributed by atoms with Crippen molar-refractivity contribution < 1.29 is 14.5 Å². The van der Waals surface area contributed by atoms with Gasteiger partial charge in [0, 0.05) is 5.56 Å². The summed E-state index contributed by atoms with van der Waals surface area (Å²) in [5.41, 5.74) is 0.897. The molecule has 0 N–H and O–H groups in total. The summed E-state index contributed by atoms with van der Waals surface area (Å²) in [5.74, 6) is 0.156. The van der Waals surface area contributed by atoms with Gasteiger partial charge in [-0.25, -0.2) is 0 Å². The normalized spacial score (nSPS) is 10.3. The molecule has 0 saturated carbocycles. The predicted molar refractivity (Wildman–Crippen MR) is 70.9 cm³/mol. The number of aromatic nitrogens is 2. The highest BCUT2D eigenvalue weighted by molar-refractivity contribution is 5.96. The first-order valence-corrected chi connectivity index (χ1v) is 5.87. The smallest absolute Gasteiger partial charge is 0.392 e. The largest absolute Gasteiger partial charge is 0.497 e. The third-order valence-corrected chi connectivity index (χ3v) is 2.79. The van der Waals surface area contributed by atoms with E-state index in [0.717, 1.165) is 0 Å². The van der Waals surface area contributed by atoms with Crippen LogP contribution < -0.4 is 4.74 Å². The lowest BCUT2D eigenvalue weighted by Crippen LogP contribution is -2.11. The molecule has 0 bridgehead atoms. The molecule has 0 saturated heterocycles. The zero-order valence-electron chi connectivity index (χ0n) is 11.1. The number of aryl methyl sites for hydroxylation is 1. The summed E-state index contributed by atoms with van der Waals surface area (Å²) >= 11 is 0. The van der Waals surface area contributed by atoms with Crippen molar-refractivity contribution in [3.63, 3.8) is 0 Å². The van der Waals surface area contributed by atoms with Gasteiger partial charge in [-0.2, -0.15) is 4.68 Å². The number of ether oxygens (including phenoxy) is 1. The maximum Gasteiger partial charge on any atom is 0.392 e. The molecule has 0 fully saturated rings. The van der Waals surface area contributed by atoms with Crippen molar-refractivity contribution in [3.8, 4) is 5.75 Å². The number of carbonyl (C=O) groups is 1. The highest BCUT2D eigenvalue weighted by atomic mass is 16.6. The van der Waals surface area contributed by atoms with Crippen LogP contribution in [0.3, 0.4) is 0 Å². The number of nitrogens with zero attached hydrogens (tertiary/aromatic N) is 3. The SMILES string of the molecule is COc1cccc(C(=O)Cn2cc(C)c([N+](=O)[O-])n2)c1. The van der Waals surface area contributed by atoms with Gasteiger partial charge in [0.25, 0.3) is 0 Å². The second kappa shape index (κ2) is 5.52. The highest BCUT2D eigenvalue weighted by Crippen LogP contribution is 2.16. The molecule has 0 aliphatic heterocycles. The van der Waals surface area contributed by atoms with Gasteiger partial charge in [0.1, 0.15) is 12.3 Å². The second-order valence-electron chi connectivity index (χ2n) is 4.25. The van der Waals surface area contributed by atoms with E-state index in [0.29, 0.717) is 16.9 Å². The van der Waals surface area contributed by atoms with Crippen LogP contribution >= 0.6 is 0 Å². The van der Waals surface area contributed by atoms with Crippen LogP contribution in [0.1, 0.15) is 15.9 Å². The standard InChI is InChI=1S/C13H13N3O4/c1-9-7-15(14-13(9)16(18)19)8-12(17)10-4-3-5-11(6-10)20-2/h3-7H,8H2,1-2H3. The average molecular weight is 275 g/mol. The van der Waals surface area contributed by atoms with Gasteiger partial charge in [0.05, 0.1) is 24.0 Å². The second-order valence-corrected chi connectivity index (χ2v) is 4.25. The Bertz CT molecular complexity index is 663. The summed E-state index contributed by atoms with van der Waals surface area (Å²) in [6, 6.07) is 6.73. The first kappa shape index (κ1) is 13.7. The molecule has 1 heterocycles. The topological polar surface area (TPSA) is 87.3 Å². The van der Waals surface area contributed by atoms with Gasteiger partial charge in [0.2, 0.25) is 0 Å². The van der Waals surface area contributed by atoms with Gasteiger partial charge in [-0.05, 0) is 24.0 Å². The van der Waals surface area contributed by atoms with E-state index < -0.39 is 4.92 Å². The first-order valence-electron chi connectivity index (χ1n) is 5.87. The Kier molecular flexibility index (Phi) is 3.79. The molecule has 2 aromatic rings. The minimum Gasteiger partial charge on any atom is -0.497 e. The molecule has 1 aromatic heterocycles. The van der Waals surface area contributed by atoms with Gasteiger partial charge in [-0.3, -0.25) is 4.79 Å². The van der Waals surface area contributed by atoms with Gasteiger partial charge in [-0.15, -0.1) is 0 Å². The average Bonchev–Trinajstić information content (AvgIpc) is 2.79. The van der Waals surface area contributed by atoms with E-state index >= 15 is 0 Å². The van der Waals surface area contributed by atoms with Gasteiger partial charge in [-0.1, -0.05) is 12.1 Å². The molecular weight excluding hydrogens is 262 g/mol. The van der Waals surface area contributed by atoms with Crippen molar-refractivity contribution in [1.82, 2.24) is 9.78 Å². The summed E-state index contributed by atoms with van der Waals surface area (Å²) in [7, 11) is 1.52. The third kappa shape index (κ3) is 2.82. The molecule has 0 unspecified atom stereocenters. The molecule has 0 radical (unpaired) electrons. The Balaban J connectivity index is 2.19. The number of benzene rings is 1. The molecule has 7 nitrogen and oxygen atoms in total. The molecule has 104 valence electrons. The lowest BCUT2D eigenvalue weighted by molar-refractivity contribution is -0.390. The number of nitro groups is 1. The van der Waals surface area contributed by atoms with Crippen molar-refractivity contribution in [1.29, 1.82) is 0 Å². The Hall–Kier alpha value is -2.70. The van der Waals surface area contributed by atoms with Crippen molar-refractivity contribution in [2.45, 2.75) is 13.5 Å². The molecule has 0 atom stereocenters. The maximum atomic E-state index is 12.1. The fourth-order valence-electron chi connectivity index (χ4n) is 1.81. The van der Waals surface area contributed by atoms with Crippen LogP contribution in [0.25, 0.3) is 0 Å². The van der Waals surface area contributed by atoms with Crippen molar-refractivity contribution in [2.75, 3.05) is 7.11 Å². The molecule has 0 spiro atoms. The third-order valence-electron chi connectivity index (χ3n) is 2.79. The van der Waals surface area contributed by atoms with Gasteiger partial charge >= 0.3 is 5.82 Å². The van der Waals surface area contributed by atoms with E-state index in [1.165, 1.54) is 18.0 Å². The molecule has 1 aromatic carbocycles. The Morgan fingerprint density at radius 3 is 2.85 bits per heavy atom. The van der Waals surface area contributed by atoms with E-state index in [-0.39, 0.29) is 18.1 Å². The molecule has 0 aliphatic rings. The van der Waals surface area contributed by atoms with Crippen LogP contribution in [0.4, 0.5) is 5.82 Å². The Morgan fingerprint density at radius 1 is 1.50 bits per heavy atom. The fourth-order valence-corrected chi connectivity index (χ4v) is 1.81. The van der Waals surface area contributed by atoms with E-state index in [2.05, 4.69) is 5.10 Å². The van der Waals surface area contributed by atoms with E-state index in [1.54, 1.807) is 31.2 Å². The van der Waals surface area contributed by atoms with Crippen LogP contribution in [0, 0.1) is 17.0 Å². The highest BCUT2D eigenvalue weighted by Gasteiger charge is 2.19. The number of hydrogen-bond acceptors (Lipinski definition) is 5. The van der Waals surface area contributed by atoms with Crippen LogP contribution in [0.5, 0.6) is 5.75 Å². The Labute approximate surface area is 114 Å². The molecule has 0 amide bonds. The summed E-state index contributed by atoms with van der Waals surface area (Å²) in [6.45, 7) is 1.53. The van der Waals surface area contributed by atoms with Gasteiger partial charge in [0.15, 0.2) is 5.78 Å². The zero-order valence-corrected chi connectivity index (χ0v) is 11.1. The van der Waals surface area contributed by atoms with Crippen LogP contribution in [-0.2, 0) is 6.54 Å². The van der Waals surface area contributed by atoms with Crippen LogP contribution in [0.2, 0.25) is 0 Å². The van der Waals surface area contributed by atoms with Crippen molar-refractivity contribution in [2.24, 2.45) is 0 Å². The lowest BCUT2D eigenvalue weighted by atomic mass is 10.1. The minimum atomic E-state index is -0.568. The quantitative estimate of drug-likeness (QED) is 0.473. The number of rotatable bonds is 5.